The van der Waals surface area contributed by atoms with Crippen LogP contribution in [0.3, 0.4) is 0 Å². The molecule has 1 saturated carbocycles. The third-order valence-electron chi connectivity index (χ3n) is 3.40. The van der Waals surface area contributed by atoms with E-state index < -0.39 is 5.82 Å². The van der Waals surface area contributed by atoms with Crippen LogP contribution in [0.25, 0.3) is 0 Å². The first kappa shape index (κ1) is 12.4. The Balaban J connectivity index is 1.88. The highest BCUT2D eigenvalue weighted by Crippen LogP contribution is 2.38. The zero-order valence-electron chi connectivity index (χ0n) is 10.2. The highest BCUT2D eigenvalue weighted by molar-refractivity contribution is 6.30. The molecule has 2 aromatic rings. The molecule has 19 heavy (non-hydrogen) atoms. The summed E-state index contributed by atoms with van der Waals surface area (Å²) in [4.78, 5) is 8.69. The van der Waals surface area contributed by atoms with Gasteiger partial charge in [-0.25, -0.2) is 9.37 Å². The highest BCUT2D eigenvalue weighted by Gasteiger charge is 2.24. The Bertz CT molecular complexity index is 599. The van der Waals surface area contributed by atoms with Gasteiger partial charge in [-0.15, -0.1) is 0 Å². The van der Waals surface area contributed by atoms with Crippen molar-refractivity contribution in [3.05, 3.63) is 47.1 Å². The Morgan fingerprint density at radius 2 is 2.00 bits per heavy atom. The van der Waals surface area contributed by atoms with E-state index in [1.807, 2.05) is 0 Å². The van der Waals surface area contributed by atoms with E-state index >= 15 is 0 Å². The molecule has 98 valence electrons. The van der Waals surface area contributed by atoms with Crippen LogP contribution in [0, 0.1) is 5.82 Å². The molecule has 3 nitrogen and oxygen atoms in total. The van der Waals surface area contributed by atoms with E-state index in [1.165, 1.54) is 18.6 Å². The minimum absolute atomic E-state index is 0.115. The molecule has 1 aromatic heterocycles. The second-order valence-electron chi connectivity index (χ2n) is 4.67. The standard InChI is InChI=1S/C14H13ClFN3/c15-11-5-4-10(8-12(11)16)19-14-13(9-2-1-3-9)17-6-7-18-14/h4-9H,1-3H2,(H,18,19). The predicted octanol–water partition coefficient (Wildman–Crippen LogP) is 4.28. The molecule has 1 heterocycles. The van der Waals surface area contributed by atoms with Crippen LogP contribution in [0.15, 0.2) is 30.6 Å². The molecule has 5 heteroatoms. The van der Waals surface area contributed by atoms with Crippen LogP contribution >= 0.6 is 11.6 Å². The molecule has 0 atom stereocenters. The zero-order chi connectivity index (χ0) is 13.2. The van der Waals surface area contributed by atoms with Crippen molar-refractivity contribution in [1.29, 1.82) is 0 Å². The second-order valence-corrected chi connectivity index (χ2v) is 5.08. The Kier molecular flexibility index (Phi) is 3.34. The summed E-state index contributed by atoms with van der Waals surface area (Å²) in [6, 6.07) is 4.62. The smallest absolute Gasteiger partial charge is 0.152 e. The number of aromatic nitrogens is 2. The normalized spacial score (nSPS) is 15.1. The van der Waals surface area contributed by atoms with Gasteiger partial charge in [-0.3, -0.25) is 4.98 Å². The second kappa shape index (κ2) is 5.13. The van der Waals surface area contributed by atoms with Crippen molar-refractivity contribution in [2.24, 2.45) is 0 Å². The molecule has 3 rings (SSSR count). The summed E-state index contributed by atoms with van der Waals surface area (Å²) in [7, 11) is 0. The average Bonchev–Trinajstić information content (AvgIpc) is 2.34. The topological polar surface area (TPSA) is 37.8 Å². The molecule has 0 bridgehead atoms. The first-order valence-corrected chi connectivity index (χ1v) is 6.65. The number of anilines is 2. The molecule has 0 radical (unpaired) electrons. The van der Waals surface area contributed by atoms with E-state index in [4.69, 9.17) is 11.6 Å². The fraction of sp³-hybridized carbons (Fsp3) is 0.286. The number of nitrogens with one attached hydrogen (secondary N) is 1. The first-order valence-electron chi connectivity index (χ1n) is 6.27. The van der Waals surface area contributed by atoms with E-state index in [9.17, 15) is 4.39 Å². The van der Waals surface area contributed by atoms with Crippen LogP contribution < -0.4 is 5.32 Å². The Morgan fingerprint density at radius 3 is 2.68 bits per heavy atom. The van der Waals surface area contributed by atoms with Crippen LogP contribution in [-0.4, -0.2) is 9.97 Å². The molecule has 1 aliphatic carbocycles. The predicted molar refractivity (Wildman–Crippen MR) is 73.3 cm³/mol. The van der Waals surface area contributed by atoms with E-state index in [-0.39, 0.29) is 5.02 Å². The van der Waals surface area contributed by atoms with Crippen molar-refractivity contribution in [2.45, 2.75) is 25.2 Å². The summed E-state index contributed by atoms with van der Waals surface area (Å²) in [5, 5.41) is 3.23. The first-order chi connectivity index (χ1) is 9.24. The molecule has 1 fully saturated rings. The van der Waals surface area contributed by atoms with Crippen molar-refractivity contribution in [3.63, 3.8) is 0 Å². The minimum Gasteiger partial charge on any atom is -0.339 e. The molecular formula is C14H13ClFN3. The van der Waals surface area contributed by atoms with E-state index in [0.29, 0.717) is 17.4 Å². The highest BCUT2D eigenvalue weighted by atomic mass is 35.5. The van der Waals surface area contributed by atoms with Crippen LogP contribution in [0.1, 0.15) is 30.9 Å². The molecule has 0 saturated heterocycles. The molecule has 0 aliphatic heterocycles. The van der Waals surface area contributed by atoms with Gasteiger partial charge in [-0.05, 0) is 31.0 Å². The zero-order valence-corrected chi connectivity index (χ0v) is 11.0. The maximum atomic E-state index is 13.4. The number of halogens is 2. The number of nitrogens with zero attached hydrogens (tertiary/aromatic N) is 2. The fourth-order valence-electron chi connectivity index (χ4n) is 2.14. The Labute approximate surface area is 115 Å². The summed E-state index contributed by atoms with van der Waals surface area (Å²) in [5.41, 5.74) is 1.59. The van der Waals surface area contributed by atoms with Gasteiger partial charge >= 0.3 is 0 Å². The third kappa shape index (κ3) is 2.54. The molecule has 0 amide bonds. The Morgan fingerprint density at radius 1 is 1.21 bits per heavy atom. The minimum atomic E-state index is -0.444. The molecule has 0 unspecified atom stereocenters. The van der Waals surface area contributed by atoms with Crippen molar-refractivity contribution >= 4 is 23.1 Å². The van der Waals surface area contributed by atoms with Crippen molar-refractivity contribution < 1.29 is 4.39 Å². The number of hydrogen-bond acceptors (Lipinski definition) is 3. The van der Waals surface area contributed by atoms with E-state index in [2.05, 4.69) is 15.3 Å². The van der Waals surface area contributed by atoms with Crippen molar-refractivity contribution in [1.82, 2.24) is 9.97 Å². The number of hydrogen-bond donors (Lipinski definition) is 1. The van der Waals surface area contributed by atoms with Gasteiger partial charge in [0.15, 0.2) is 5.82 Å². The number of benzene rings is 1. The van der Waals surface area contributed by atoms with Crippen LogP contribution in [0.5, 0.6) is 0 Å². The SMILES string of the molecule is Fc1cc(Nc2nccnc2C2CCC2)ccc1Cl. The van der Waals surface area contributed by atoms with Crippen molar-refractivity contribution in [2.75, 3.05) is 5.32 Å². The number of rotatable bonds is 3. The summed E-state index contributed by atoms with van der Waals surface area (Å²) in [6.07, 6.45) is 6.85. The molecule has 1 aliphatic rings. The lowest BCUT2D eigenvalue weighted by atomic mass is 9.82. The van der Waals surface area contributed by atoms with Gasteiger partial charge in [0.1, 0.15) is 5.82 Å². The van der Waals surface area contributed by atoms with Gasteiger partial charge in [0.25, 0.3) is 0 Å². The lowest BCUT2D eigenvalue weighted by Crippen LogP contribution is -2.13. The summed E-state index contributed by atoms with van der Waals surface area (Å²) in [5.74, 6) is 0.725. The van der Waals surface area contributed by atoms with Gasteiger partial charge in [0.05, 0.1) is 10.7 Å². The van der Waals surface area contributed by atoms with Crippen LogP contribution in [-0.2, 0) is 0 Å². The largest absolute Gasteiger partial charge is 0.339 e. The molecule has 1 aromatic carbocycles. The summed E-state index contributed by atoms with van der Waals surface area (Å²) in [6.45, 7) is 0. The van der Waals surface area contributed by atoms with E-state index in [0.717, 1.165) is 18.5 Å². The average molecular weight is 278 g/mol. The van der Waals surface area contributed by atoms with Gasteiger partial charge in [-0.2, -0.15) is 0 Å². The quantitative estimate of drug-likeness (QED) is 0.910. The van der Waals surface area contributed by atoms with Crippen LogP contribution in [0.4, 0.5) is 15.9 Å². The lowest BCUT2D eigenvalue weighted by molar-refractivity contribution is 0.411. The van der Waals surface area contributed by atoms with E-state index in [1.54, 1.807) is 18.5 Å². The van der Waals surface area contributed by atoms with Gasteiger partial charge in [0, 0.05) is 24.0 Å². The third-order valence-corrected chi connectivity index (χ3v) is 3.71. The summed E-state index contributed by atoms with van der Waals surface area (Å²) < 4.78 is 13.4. The summed E-state index contributed by atoms with van der Waals surface area (Å²) >= 11 is 5.67. The maximum Gasteiger partial charge on any atom is 0.152 e. The monoisotopic (exact) mass is 277 g/mol. The van der Waals surface area contributed by atoms with Gasteiger partial charge in [0.2, 0.25) is 0 Å². The maximum absolute atomic E-state index is 13.4. The van der Waals surface area contributed by atoms with Gasteiger partial charge in [-0.1, -0.05) is 18.0 Å². The van der Waals surface area contributed by atoms with Crippen LogP contribution in [0.2, 0.25) is 5.02 Å². The lowest BCUT2D eigenvalue weighted by Gasteiger charge is -2.26. The Hall–Kier alpha value is -1.68. The molecule has 1 N–H and O–H groups in total. The van der Waals surface area contributed by atoms with Gasteiger partial charge < -0.3 is 5.32 Å². The molecule has 0 spiro atoms. The fourth-order valence-corrected chi connectivity index (χ4v) is 2.25. The molecular weight excluding hydrogens is 265 g/mol. The van der Waals surface area contributed by atoms with Crippen molar-refractivity contribution in [3.8, 4) is 0 Å².